The average Bonchev–Trinajstić information content (AvgIpc) is 3.85. The van der Waals surface area contributed by atoms with Crippen molar-refractivity contribution in [3.05, 3.63) is 182 Å². The maximum Gasteiger partial charge on any atom is 0.137 e. The zero-order valence-corrected chi connectivity index (χ0v) is 27.6. The topological polar surface area (TPSA) is 23.0 Å². The number of benzene rings is 8. The molecule has 11 rings (SSSR count). The van der Waals surface area contributed by atoms with E-state index in [1.807, 2.05) is 6.07 Å². The molecule has 51 heavy (non-hydrogen) atoms. The Labute approximate surface area is 293 Å². The Morgan fingerprint density at radius 2 is 0.902 bits per heavy atom. The summed E-state index contributed by atoms with van der Waals surface area (Å²) in [5.41, 5.74) is 13.7. The van der Waals surface area contributed by atoms with Crippen LogP contribution in [0.15, 0.2) is 186 Å². The molecule has 238 valence electrons. The highest BCUT2D eigenvalue weighted by Gasteiger charge is 2.20. The molecule has 0 aliphatic heterocycles. The maximum absolute atomic E-state index is 6.36. The summed E-state index contributed by atoms with van der Waals surface area (Å²) in [6.07, 6.45) is 0. The molecule has 0 spiro atoms. The second-order valence-electron chi connectivity index (χ2n) is 13.3. The maximum atomic E-state index is 6.36. The van der Waals surface area contributed by atoms with Gasteiger partial charge in [-0.1, -0.05) is 109 Å². The van der Waals surface area contributed by atoms with Crippen LogP contribution >= 0.6 is 0 Å². The van der Waals surface area contributed by atoms with Crippen LogP contribution in [0, 0.1) is 0 Å². The molecule has 3 aromatic heterocycles. The van der Waals surface area contributed by atoms with E-state index in [9.17, 15) is 0 Å². The van der Waals surface area contributed by atoms with Gasteiger partial charge in [0.1, 0.15) is 11.2 Å². The highest BCUT2D eigenvalue weighted by molar-refractivity contribution is 6.25. The van der Waals surface area contributed by atoms with Crippen molar-refractivity contribution in [2.45, 2.75) is 0 Å². The van der Waals surface area contributed by atoms with Crippen molar-refractivity contribution in [1.82, 2.24) is 9.13 Å². The second kappa shape index (κ2) is 10.8. The van der Waals surface area contributed by atoms with Crippen LogP contribution in [0.5, 0.6) is 0 Å². The minimum atomic E-state index is 0.903. The zero-order chi connectivity index (χ0) is 33.5. The number of hydrogen-bond donors (Lipinski definition) is 0. The highest BCUT2D eigenvalue weighted by Crippen LogP contribution is 2.42. The Bertz CT molecular complexity index is 3130. The van der Waals surface area contributed by atoms with Crippen LogP contribution < -0.4 is 0 Å². The number of nitrogens with zero attached hydrogens (tertiary/aromatic N) is 2. The summed E-state index contributed by atoms with van der Waals surface area (Å²) in [5, 5.41) is 7.20. The largest absolute Gasteiger partial charge is 0.456 e. The number of furan rings is 1. The lowest BCUT2D eigenvalue weighted by Gasteiger charge is -2.11. The average molecular weight is 651 g/mol. The Morgan fingerprint density at radius 1 is 0.314 bits per heavy atom. The van der Waals surface area contributed by atoms with Gasteiger partial charge in [0, 0.05) is 38.3 Å². The van der Waals surface area contributed by atoms with Crippen LogP contribution in [0.1, 0.15) is 0 Å². The Kier molecular flexibility index (Phi) is 5.96. The first-order valence-electron chi connectivity index (χ1n) is 17.4. The first-order chi connectivity index (χ1) is 25.3. The monoisotopic (exact) mass is 650 g/mol. The van der Waals surface area contributed by atoms with Crippen molar-refractivity contribution >= 4 is 65.6 Å². The van der Waals surface area contributed by atoms with E-state index < -0.39 is 0 Å². The fourth-order valence-electron chi connectivity index (χ4n) is 8.23. The summed E-state index contributed by atoms with van der Waals surface area (Å²) in [7, 11) is 0. The lowest BCUT2D eigenvalue weighted by molar-refractivity contribution is 0.669. The molecule has 3 heteroatoms. The summed E-state index contributed by atoms with van der Waals surface area (Å²) < 4.78 is 11.2. The molecule has 0 radical (unpaired) electrons. The molecule has 8 aromatic carbocycles. The van der Waals surface area contributed by atoms with E-state index in [-0.39, 0.29) is 0 Å². The van der Waals surface area contributed by atoms with Crippen molar-refractivity contribution in [2.75, 3.05) is 0 Å². The van der Waals surface area contributed by atoms with E-state index in [0.717, 1.165) is 33.3 Å². The van der Waals surface area contributed by atoms with Gasteiger partial charge in [-0.05, 0) is 95.1 Å². The Hall–Kier alpha value is -6.84. The van der Waals surface area contributed by atoms with Crippen molar-refractivity contribution in [1.29, 1.82) is 0 Å². The third kappa shape index (κ3) is 4.19. The van der Waals surface area contributed by atoms with Gasteiger partial charge >= 0.3 is 0 Å². The molecule has 0 saturated heterocycles. The molecule has 0 N–H and O–H groups in total. The summed E-state index contributed by atoms with van der Waals surface area (Å²) in [5.74, 6) is 0. The van der Waals surface area contributed by atoms with Crippen molar-refractivity contribution in [2.24, 2.45) is 0 Å². The minimum absolute atomic E-state index is 0.903. The molecule has 3 heterocycles. The number of aromatic nitrogens is 2. The molecular weight excluding hydrogens is 621 g/mol. The molecule has 0 bridgehead atoms. The van der Waals surface area contributed by atoms with Gasteiger partial charge in [0.2, 0.25) is 0 Å². The van der Waals surface area contributed by atoms with Crippen LogP contribution in [0.2, 0.25) is 0 Å². The van der Waals surface area contributed by atoms with E-state index in [4.69, 9.17) is 4.42 Å². The molecular formula is C48H30N2O. The van der Waals surface area contributed by atoms with E-state index in [2.05, 4.69) is 185 Å². The molecule has 0 amide bonds. The Balaban J connectivity index is 1.13. The zero-order valence-electron chi connectivity index (χ0n) is 27.6. The summed E-state index contributed by atoms with van der Waals surface area (Å²) in [6.45, 7) is 0. The van der Waals surface area contributed by atoms with E-state index in [0.29, 0.717) is 0 Å². The summed E-state index contributed by atoms with van der Waals surface area (Å²) in [6, 6.07) is 65.5. The smallest absolute Gasteiger partial charge is 0.137 e. The van der Waals surface area contributed by atoms with Crippen LogP contribution in [-0.2, 0) is 0 Å². The van der Waals surface area contributed by atoms with Gasteiger partial charge in [-0.2, -0.15) is 0 Å². The van der Waals surface area contributed by atoms with Gasteiger partial charge in [0.25, 0.3) is 0 Å². The summed E-state index contributed by atoms with van der Waals surface area (Å²) in [4.78, 5) is 0. The predicted octanol–water partition coefficient (Wildman–Crippen LogP) is 13.1. The van der Waals surface area contributed by atoms with Gasteiger partial charge in [-0.3, -0.25) is 0 Å². The van der Waals surface area contributed by atoms with Crippen molar-refractivity contribution in [3.8, 4) is 33.6 Å². The highest BCUT2D eigenvalue weighted by atomic mass is 16.3. The van der Waals surface area contributed by atoms with E-state index in [1.54, 1.807) is 0 Å². The number of fused-ring (bicyclic) bond motifs is 10. The number of para-hydroxylation sites is 3. The predicted molar refractivity (Wildman–Crippen MR) is 213 cm³/mol. The van der Waals surface area contributed by atoms with Crippen molar-refractivity contribution < 1.29 is 4.42 Å². The Morgan fingerprint density at radius 3 is 1.71 bits per heavy atom. The fraction of sp³-hybridized carbons (Fsp3) is 0. The molecule has 0 aliphatic carbocycles. The molecule has 0 saturated carbocycles. The second-order valence-corrected chi connectivity index (χ2v) is 13.3. The van der Waals surface area contributed by atoms with Gasteiger partial charge < -0.3 is 13.6 Å². The van der Waals surface area contributed by atoms with Gasteiger partial charge in [0.15, 0.2) is 0 Å². The third-order valence-corrected chi connectivity index (χ3v) is 10.5. The van der Waals surface area contributed by atoms with Crippen LogP contribution in [-0.4, -0.2) is 9.13 Å². The van der Waals surface area contributed by atoms with Crippen molar-refractivity contribution in [3.63, 3.8) is 0 Å². The van der Waals surface area contributed by atoms with Crippen LogP contribution in [0.4, 0.5) is 0 Å². The van der Waals surface area contributed by atoms with Gasteiger partial charge in [-0.15, -0.1) is 0 Å². The first-order valence-corrected chi connectivity index (χ1v) is 17.4. The lowest BCUT2D eigenvalue weighted by Crippen LogP contribution is -1.94. The van der Waals surface area contributed by atoms with E-state index >= 15 is 0 Å². The molecule has 3 nitrogen and oxygen atoms in total. The van der Waals surface area contributed by atoms with Crippen LogP contribution in [0.3, 0.4) is 0 Å². The molecule has 11 aromatic rings. The minimum Gasteiger partial charge on any atom is -0.456 e. The molecule has 0 aliphatic rings. The van der Waals surface area contributed by atoms with E-state index in [1.165, 1.54) is 65.9 Å². The SMILES string of the molecule is c1ccc(-c2cccc(-n3c4ccccc4c4cc(-c5ccc6c(c5)c5ccc7oc8ccccc8c7c5n6-c5ccccc5)ccc43)c2)cc1. The molecule has 0 unspecified atom stereocenters. The summed E-state index contributed by atoms with van der Waals surface area (Å²) >= 11 is 0. The molecule has 0 atom stereocenters. The van der Waals surface area contributed by atoms with Crippen LogP contribution in [0.25, 0.3) is 99.2 Å². The molecule has 0 fully saturated rings. The fourth-order valence-corrected chi connectivity index (χ4v) is 8.23. The first kappa shape index (κ1) is 28.0. The third-order valence-electron chi connectivity index (χ3n) is 10.5. The van der Waals surface area contributed by atoms with Gasteiger partial charge in [-0.25, -0.2) is 0 Å². The number of hydrogen-bond acceptors (Lipinski definition) is 1. The normalized spacial score (nSPS) is 11.9. The standard InChI is InChI=1S/C48H30N2O/c1-3-12-31(13-4-1)32-14-11-17-36(28-32)49-42-20-9-7-18-37(42)40-29-33(22-25-43(40)49)34-23-26-44-41(30-34)38-24-27-46-47(39-19-8-10-21-45(39)51-46)48(38)50(44)35-15-5-2-6-16-35/h1-30H. The lowest BCUT2D eigenvalue weighted by atomic mass is 10.00. The number of rotatable bonds is 4. The van der Waals surface area contributed by atoms with Gasteiger partial charge in [0.05, 0.1) is 27.5 Å². The quantitative estimate of drug-likeness (QED) is 0.186.